The van der Waals surface area contributed by atoms with E-state index < -0.39 is 19.6 Å². The van der Waals surface area contributed by atoms with Crippen LogP contribution in [0.1, 0.15) is 24.5 Å². The number of ether oxygens (including phenoxy) is 2. The molecule has 2 aromatic rings. The number of dihydropyridines is 1. The van der Waals surface area contributed by atoms with Crippen molar-refractivity contribution in [3.8, 4) is 5.75 Å². The Morgan fingerprint density at radius 1 is 1.13 bits per heavy atom. The van der Waals surface area contributed by atoms with Crippen molar-refractivity contribution in [1.29, 1.82) is 0 Å². The van der Waals surface area contributed by atoms with Gasteiger partial charge in [0.25, 0.3) is 6.43 Å². The number of nitrogens with zero attached hydrogens (tertiary/aromatic N) is 4. The Morgan fingerprint density at radius 2 is 1.85 bits per heavy atom. The number of allylic oxidation sites excluding steroid dienone is 2. The van der Waals surface area contributed by atoms with Gasteiger partial charge in [0.2, 0.25) is 5.90 Å². The van der Waals surface area contributed by atoms with E-state index in [-0.39, 0.29) is 28.6 Å². The molecule has 2 aromatic carbocycles. The summed E-state index contributed by atoms with van der Waals surface area (Å²) in [5.74, 6) is -0.253. The number of carbonyl (C=O) groups is 1. The van der Waals surface area contributed by atoms with E-state index in [1.165, 1.54) is 41.4 Å². The average molecular weight is 546 g/mol. The molecule has 1 aliphatic heterocycles. The van der Waals surface area contributed by atoms with Gasteiger partial charge in [0, 0.05) is 42.7 Å². The number of carbonyl (C=O) groups excluding carboxylic acids is 1. The van der Waals surface area contributed by atoms with Crippen molar-refractivity contribution >= 4 is 40.6 Å². The van der Waals surface area contributed by atoms with E-state index >= 15 is 0 Å². The second-order valence-electron chi connectivity index (χ2n) is 8.07. The highest BCUT2D eigenvalue weighted by Crippen LogP contribution is 2.27. The third-order valence-corrected chi connectivity index (χ3v) is 5.55. The molecule has 0 bridgehead atoms. The third kappa shape index (κ3) is 7.53. The molecule has 0 atom stereocenters. The lowest BCUT2D eigenvalue weighted by molar-refractivity contribution is -0.103. The van der Waals surface area contributed by atoms with Crippen molar-refractivity contribution in [1.82, 2.24) is 0 Å². The first-order chi connectivity index (χ1) is 18.7. The van der Waals surface area contributed by atoms with Crippen molar-refractivity contribution in [2.45, 2.75) is 26.4 Å². The number of hydrogen-bond acceptors (Lipinski definition) is 8. The predicted molar refractivity (Wildman–Crippen MR) is 144 cm³/mol. The van der Waals surface area contributed by atoms with Gasteiger partial charge in [-0.1, -0.05) is 19.1 Å². The number of aldehydes is 1. The van der Waals surface area contributed by atoms with E-state index in [1.54, 1.807) is 26.2 Å². The van der Waals surface area contributed by atoms with Crippen molar-refractivity contribution in [2.24, 2.45) is 15.1 Å². The first-order valence-corrected chi connectivity index (χ1v) is 11.8. The number of alkyl halides is 4. The van der Waals surface area contributed by atoms with Crippen LogP contribution in [0.25, 0.3) is 5.57 Å². The van der Waals surface area contributed by atoms with Crippen LogP contribution in [-0.2, 0) is 9.53 Å². The van der Waals surface area contributed by atoms with Crippen molar-refractivity contribution in [3.63, 3.8) is 0 Å². The van der Waals surface area contributed by atoms with E-state index in [1.807, 2.05) is 13.0 Å². The molecule has 0 unspecified atom stereocenters. The second kappa shape index (κ2) is 13.4. The van der Waals surface area contributed by atoms with Crippen LogP contribution in [0.5, 0.6) is 5.75 Å². The average Bonchev–Trinajstić information content (AvgIpc) is 2.91. The summed E-state index contributed by atoms with van der Waals surface area (Å²) in [5.41, 5.74) is 9.49. The predicted octanol–water partition coefficient (Wildman–Crippen LogP) is 5.35. The van der Waals surface area contributed by atoms with E-state index in [4.69, 9.17) is 10.5 Å². The van der Waals surface area contributed by atoms with Crippen LogP contribution in [0.2, 0.25) is 0 Å². The molecule has 0 amide bonds. The molecule has 0 radical (unpaired) electrons. The zero-order valence-electron chi connectivity index (χ0n) is 21.4. The third-order valence-electron chi connectivity index (χ3n) is 5.55. The van der Waals surface area contributed by atoms with Crippen LogP contribution >= 0.6 is 0 Å². The van der Waals surface area contributed by atoms with Gasteiger partial charge < -0.3 is 15.2 Å². The smallest absolute Gasteiger partial charge is 0.387 e. The summed E-state index contributed by atoms with van der Waals surface area (Å²) in [7, 11) is 3.35. The molecule has 12 heteroatoms. The molecule has 3 rings (SSSR count). The molecular weight excluding hydrogens is 518 g/mol. The normalized spacial score (nSPS) is 16.0. The van der Waals surface area contributed by atoms with Gasteiger partial charge in [-0.05, 0) is 48.4 Å². The highest BCUT2D eigenvalue weighted by Gasteiger charge is 2.20. The summed E-state index contributed by atoms with van der Waals surface area (Å²) < 4.78 is 59.9. The molecule has 8 nitrogen and oxygen atoms in total. The fourth-order valence-corrected chi connectivity index (χ4v) is 3.70. The number of benzene rings is 2. The summed E-state index contributed by atoms with van der Waals surface area (Å²) in [4.78, 5) is 20.8. The van der Waals surface area contributed by atoms with Crippen molar-refractivity contribution in [2.75, 3.05) is 31.4 Å². The standard InChI is InChI=1S/C27H27F4N5O3/c1-4-22(33-2)19-13-17(7-10-21(19)32)36(3)35-23-11-12-25(38-15-24(28)29)34-26(23)20(14-37)16-5-8-18(9-6-16)39-27(30)31/h5-14,24,27H,4,15,32H2,1-3H3/b26-20-,33-22?,35-23-. The topological polar surface area (TPSA) is 102 Å². The van der Waals surface area contributed by atoms with Crippen LogP contribution in [-0.4, -0.2) is 57.3 Å². The van der Waals surface area contributed by atoms with Crippen LogP contribution in [0.4, 0.5) is 28.9 Å². The summed E-state index contributed by atoms with van der Waals surface area (Å²) in [6, 6.07) is 10.6. The number of nitrogen functional groups attached to an aromatic ring is 1. The molecule has 0 aliphatic carbocycles. The SMILES string of the molecule is CCC(=NC)c1cc(N(C)/N=C2/C=CC(OCC(F)F)=N/C2=C(/C=O)c2ccc(OC(F)F)cc2)ccc1N. The quantitative estimate of drug-likeness (QED) is 0.108. The first-order valence-electron chi connectivity index (χ1n) is 11.8. The van der Waals surface area contributed by atoms with Gasteiger partial charge in [-0.2, -0.15) is 13.9 Å². The Labute approximate surface area is 222 Å². The molecule has 0 aromatic heterocycles. The van der Waals surface area contributed by atoms with Gasteiger partial charge in [0.1, 0.15) is 17.2 Å². The highest BCUT2D eigenvalue weighted by atomic mass is 19.3. The first kappa shape index (κ1) is 29.1. The van der Waals surface area contributed by atoms with Crippen LogP contribution in [0.15, 0.2) is 75.4 Å². The molecule has 2 N–H and O–H groups in total. The Balaban J connectivity index is 2.08. The summed E-state index contributed by atoms with van der Waals surface area (Å²) >= 11 is 0. The maximum absolute atomic E-state index is 12.7. The molecule has 0 fully saturated rings. The number of aliphatic imine (C=N–C) groups is 2. The lowest BCUT2D eigenvalue weighted by atomic mass is 10.0. The van der Waals surface area contributed by atoms with Crippen LogP contribution in [0, 0.1) is 0 Å². The largest absolute Gasteiger partial charge is 0.472 e. The molecule has 0 spiro atoms. The Hall–Kier alpha value is -4.48. The van der Waals surface area contributed by atoms with E-state index in [9.17, 15) is 22.4 Å². The maximum Gasteiger partial charge on any atom is 0.387 e. The van der Waals surface area contributed by atoms with Gasteiger partial charge in [0.15, 0.2) is 12.9 Å². The minimum Gasteiger partial charge on any atom is -0.472 e. The van der Waals surface area contributed by atoms with Gasteiger partial charge in [-0.3, -0.25) is 14.8 Å². The van der Waals surface area contributed by atoms with Gasteiger partial charge in [-0.15, -0.1) is 0 Å². The number of rotatable bonds is 10. The van der Waals surface area contributed by atoms with Crippen LogP contribution < -0.4 is 15.5 Å². The van der Waals surface area contributed by atoms with Crippen molar-refractivity contribution in [3.05, 3.63) is 71.4 Å². The monoisotopic (exact) mass is 545 g/mol. The van der Waals surface area contributed by atoms with Gasteiger partial charge in [0.05, 0.1) is 5.69 Å². The van der Waals surface area contributed by atoms with E-state index in [0.29, 0.717) is 29.6 Å². The zero-order valence-corrected chi connectivity index (χ0v) is 21.4. The number of hydrogen-bond donors (Lipinski definition) is 1. The fourth-order valence-electron chi connectivity index (χ4n) is 3.70. The molecule has 1 heterocycles. The fraction of sp³-hybridized carbons (Fsp3) is 0.259. The lowest BCUT2D eigenvalue weighted by Gasteiger charge is -2.20. The molecule has 0 saturated heterocycles. The summed E-state index contributed by atoms with van der Waals surface area (Å²) in [6.07, 6.45) is 1.27. The Bertz CT molecular complexity index is 1340. The highest BCUT2D eigenvalue weighted by molar-refractivity contribution is 6.25. The second-order valence-corrected chi connectivity index (χ2v) is 8.07. The minimum absolute atomic E-state index is 0.0256. The molecular formula is C27H27F4N5O3. The molecule has 1 aliphatic rings. The van der Waals surface area contributed by atoms with Crippen LogP contribution in [0.3, 0.4) is 0 Å². The number of halogens is 4. The molecule has 39 heavy (non-hydrogen) atoms. The molecule has 206 valence electrons. The van der Waals surface area contributed by atoms with E-state index in [0.717, 1.165) is 11.3 Å². The minimum atomic E-state index is -3.01. The Kier molecular flexibility index (Phi) is 9.96. The lowest BCUT2D eigenvalue weighted by Crippen LogP contribution is -2.19. The Morgan fingerprint density at radius 3 is 2.44 bits per heavy atom. The van der Waals surface area contributed by atoms with Crippen molar-refractivity contribution < 1.29 is 31.8 Å². The number of nitrogens with two attached hydrogens (primary N) is 1. The maximum atomic E-state index is 12.7. The number of anilines is 2. The summed E-state index contributed by atoms with van der Waals surface area (Å²) in [5, 5.41) is 6.12. The van der Waals surface area contributed by atoms with Gasteiger partial charge >= 0.3 is 6.61 Å². The molecule has 0 saturated carbocycles. The zero-order chi connectivity index (χ0) is 28.5. The summed E-state index contributed by atoms with van der Waals surface area (Å²) in [6.45, 7) is -1.95. The van der Waals surface area contributed by atoms with Gasteiger partial charge in [-0.25, -0.2) is 13.8 Å². The number of hydrazone groups is 1. The van der Waals surface area contributed by atoms with E-state index in [2.05, 4.69) is 19.8 Å².